The number of nitrogens with one attached hydrogen (secondary N) is 2. The summed E-state index contributed by atoms with van der Waals surface area (Å²) in [6.07, 6.45) is -27.0. The van der Waals surface area contributed by atoms with Gasteiger partial charge < -0.3 is 30.2 Å². The molecule has 528 valence electrons. The molecule has 97 heavy (non-hydrogen) atoms. The molecule has 4 aliphatic heterocycles. The molecule has 0 bridgehead atoms. The van der Waals surface area contributed by atoms with E-state index in [4.69, 9.17) is 0 Å². The summed E-state index contributed by atoms with van der Waals surface area (Å²) in [6, 6.07) is 19.1. The van der Waals surface area contributed by atoms with Crippen LogP contribution in [0.1, 0.15) is 129 Å². The lowest BCUT2D eigenvalue weighted by atomic mass is 9.84. The lowest BCUT2D eigenvalue weighted by Crippen LogP contribution is -2.60. The van der Waals surface area contributed by atoms with Crippen LogP contribution in [0.5, 0.6) is 0 Å². The minimum atomic E-state index is -5.15. The second kappa shape index (κ2) is 30.5. The summed E-state index contributed by atoms with van der Waals surface area (Å²) in [4.78, 5) is 73.2. The molecule has 5 unspecified atom stereocenters. The van der Waals surface area contributed by atoms with Crippen molar-refractivity contribution < 1.29 is 103 Å². The molecule has 4 fully saturated rings. The minimum absolute atomic E-state index is 0.00496. The zero-order chi connectivity index (χ0) is 71.2. The van der Waals surface area contributed by atoms with Gasteiger partial charge in [-0.3, -0.25) is 28.9 Å². The molecule has 5 amide bonds. The maximum atomic E-state index is 13.9. The number of hydrogen-bond donors (Lipinski definition) is 2. The van der Waals surface area contributed by atoms with Crippen molar-refractivity contribution in [1.29, 1.82) is 0 Å². The Morgan fingerprint density at radius 2 is 0.856 bits per heavy atom. The Hall–Kier alpha value is -7.89. The molecule has 30 heteroatoms. The average Bonchev–Trinajstić information content (AvgIpc) is 0.791. The van der Waals surface area contributed by atoms with Gasteiger partial charge >= 0.3 is 37.1 Å². The van der Waals surface area contributed by atoms with E-state index in [-0.39, 0.29) is 68.7 Å². The van der Waals surface area contributed by atoms with E-state index in [0.29, 0.717) is 108 Å². The predicted octanol–water partition coefficient (Wildman–Crippen LogP) is 13.8. The van der Waals surface area contributed by atoms with Gasteiger partial charge in [0.25, 0.3) is 11.8 Å². The molecular formula is C67H69F18N7O5. The third-order valence-corrected chi connectivity index (χ3v) is 18.0. The van der Waals surface area contributed by atoms with Crippen LogP contribution < -0.4 is 10.6 Å². The predicted molar refractivity (Wildman–Crippen MR) is 318 cm³/mol. The second-order valence-corrected chi connectivity index (χ2v) is 24.7. The molecule has 5 aromatic carbocycles. The molecule has 12 nitrogen and oxygen atoms in total. The highest BCUT2D eigenvalue weighted by molar-refractivity contribution is 5.96. The quantitative estimate of drug-likeness (QED) is 0.106. The summed E-state index contributed by atoms with van der Waals surface area (Å²) in [5.41, 5.74) is -9.62. The van der Waals surface area contributed by atoms with Gasteiger partial charge in [-0.1, -0.05) is 60.7 Å². The van der Waals surface area contributed by atoms with Crippen molar-refractivity contribution >= 4 is 29.5 Å². The maximum Gasteiger partial charge on any atom is 0.416 e. The Morgan fingerprint density at radius 1 is 0.464 bits per heavy atom. The summed E-state index contributed by atoms with van der Waals surface area (Å²) < 4.78 is 243. The highest BCUT2D eigenvalue weighted by Gasteiger charge is 2.44. The number of carbonyl (C=O) groups is 5. The maximum absolute atomic E-state index is 13.9. The molecule has 4 aliphatic rings. The van der Waals surface area contributed by atoms with Crippen molar-refractivity contribution in [3.05, 3.63) is 176 Å². The Bertz CT molecular complexity index is 3450. The standard InChI is InChI=1S/C39H38F12N4O3.C28H31F6N3O2/c1-22(24-15-26(36(40,41)42)19-27(16-24)37(43,44)45)34(57)52-21-33(56)54-12-9-30(10-13-54)53-31-8-5-11-55(32(31)14-23-6-3-2-4-7-23)35(58)25-17-28(38(46,47)48)20-29(18-25)39(49,50)51;1-19(38)36-12-10-35(11-13-36)18-21-8-5-9-37(25(21)14-20-6-3-2-4-7-20)26(39)22-15-23(27(29,30)31)17-24(16-22)28(32,33)34/h2-4,6-7,15-20,22,30-32,53H,5,8-14,21H2,1H3,(H,52,57);2-4,6-7,15-17,21,25H,5,8-14,18H2,1H3. The fourth-order valence-corrected chi connectivity index (χ4v) is 12.8. The summed E-state index contributed by atoms with van der Waals surface area (Å²) in [6.45, 7) is 5.79. The number of rotatable bonds is 14. The third kappa shape index (κ3) is 19.9. The van der Waals surface area contributed by atoms with Gasteiger partial charge in [0.1, 0.15) is 0 Å². The Kier molecular flexibility index (Phi) is 23.5. The molecule has 4 saturated heterocycles. The van der Waals surface area contributed by atoms with E-state index in [9.17, 15) is 103 Å². The van der Waals surface area contributed by atoms with Gasteiger partial charge in [-0.2, -0.15) is 79.0 Å². The number of amides is 5. The number of alkyl halides is 18. The van der Waals surface area contributed by atoms with Gasteiger partial charge in [0.15, 0.2) is 0 Å². The number of benzene rings is 5. The molecule has 0 spiro atoms. The highest BCUT2D eigenvalue weighted by Crippen LogP contribution is 2.42. The lowest BCUT2D eigenvalue weighted by molar-refractivity contribution is -0.144. The van der Waals surface area contributed by atoms with E-state index in [1.807, 2.05) is 30.3 Å². The average molecular weight is 1390 g/mol. The first-order chi connectivity index (χ1) is 45.2. The van der Waals surface area contributed by atoms with Crippen LogP contribution in [0.2, 0.25) is 0 Å². The van der Waals surface area contributed by atoms with E-state index in [1.54, 1.807) is 35.2 Å². The Morgan fingerprint density at radius 3 is 1.27 bits per heavy atom. The van der Waals surface area contributed by atoms with E-state index in [0.717, 1.165) is 24.5 Å². The summed E-state index contributed by atoms with van der Waals surface area (Å²) in [5, 5.41) is 5.77. The molecule has 2 N–H and O–H groups in total. The molecule has 4 heterocycles. The summed E-state index contributed by atoms with van der Waals surface area (Å²) >= 11 is 0. The fourth-order valence-electron chi connectivity index (χ4n) is 12.8. The fraction of sp³-hybridized carbons (Fsp3) is 0.478. The van der Waals surface area contributed by atoms with E-state index >= 15 is 0 Å². The molecule has 5 aromatic rings. The SMILES string of the molecule is CC(=O)N1CCN(CC2CCCN(C(=O)c3cc(C(F)(F)F)cc(C(F)(F)F)c3)C2Cc2ccccc2)CC1.CC(C(=O)NCC(=O)N1CCC(NC2CCCN(C(=O)c3cc(C(F)(F)F)cc(C(F)(F)F)c3)C2Cc2ccccc2)CC1)c1cc(C(F)(F)F)cc(C(F)(F)F)c1. The first kappa shape index (κ1) is 74.9. The Labute approximate surface area is 546 Å². The van der Waals surface area contributed by atoms with Crippen molar-refractivity contribution in [3.63, 3.8) is 0 Å². The van der Waals surface area contributed by atoms with E-state index in [1.165, 1.54) is 21.6 Å². The lowest BCUT2D eigenvalue weighted by Gasteiger charge is -2.44. The first-order valence-corrected chi connectivity index (χ1v) is 31.1. The topological polar surface area (TPSA) is 126 Å². The monoisotopic (exact) mass is 1390 g/mol. The van der Waals surface area contributed by atoms with E-state index < -0.39 is 141 Å². The van der Waals surface area contributed by atoms with Crippen LogP contribution in [0.3, 0.4) is 0 Å². The number of carbonyl (C=O) groups excluding carboxylic acids is 5. The van der Waals surface area contributed by atoms with Crippen LogP contribution in [-0.2, 0) is 64.3 Å². The summed E-state index contributed by atoms with van der Waals surface area (Å²) in [5.74, 6) is -4.87. The number of halogens is 18. The molecule has 0 saturated carbocycles. The zero-order valence-electron chi connectivity index (χ0n) is 52.2. The Balaban J connectivity index is 0.000000267. The molecule has 9 rings (SSSR count). The third-order valence-electron chi connectivity index (χ3n) is 18.0. The molecular weight excluding hydrogens is 1320 g/mol. The van der Waals surface area contributed by atoms with Gasteiger partial charge in [-0.25, -0.2) is 0 Å². The van der Waals surface area contributed by atoms with Gasteiger partial charge in [-0.05, 0) is 135 Å². The largest absolute Gasteiger partial charge is 0.416 e. The number of likely N-dealkylation sites (tertiary alicyclic amines) is 3. The van der Waals surface area contributed by atoms with Crippen LogP contribution in [0, 0.1) is 5.92 Å². The first-order valence-electron chi connectivity index (χ1n) is 31.1. The number of nitrogens with zero attached hydrogens (tertiary/aromatic N) is 5. The smallest absolute Gasteiger partial charge is 0.347 e. The van der Waals surface area contributed by atoms with Gasteiger partial charge in [-0.15, -0.1) is 0 Å². The van der Waals surface area contributed by atoms with Crippen LogP contribution in [0.4, 0.5) is 79.0 Å². The van der Waals surface area contributed by atoms with Crippen LogP contribution in [-0.4, -0.2) is 144 Å². The van der Waals surface area contributed by atoms with Gasteiger partial charge in [0, 0.05) is 95.1 Å². The van der Waals surface area contributed by atoms with E-state index in [2.05, 4.69) is 15.5 Å². The van der Waals surface area contributed by atoms with Crippen LogP contribution in [0.25, 0.3) is 0 Å². The van der Waals surface area contributed by atoms with Gasteiger partial charge in [0.05, 0.1) is 51.9 Å². The van der Waals surface area contributed by atoms with Crippen molar-refractivity contribution in [2.24, 2.45) is 5.92 Å². The molecule has 0 radical (unpaired) electrons. The number of piperidine rings is 3. The van der Waals surface area contributed by atoms with Crippen molar-refractivity contribution in [3.8, 4) is 0 Å². The highest BCUT2D eigenvalue weighted by atomic mass is 19.4. The summed E-state index contributed by atoms with van der Waals surface area (Å²) in [7, 11) is 0. The van der Waals surface area contributed by atoms with Crippen molar-refractivity contribution in [2.75, 3.05) is 65.4 Å². The van der Waals surface area contributed by atoms with Crippen molar-refractivity contribution in [2.45, 2.75) is 132 Å². The molecule has 0 aromatic heterocycles. The van der Waals surface area contributed by atoms with Gasteiger partial charge in [0.2, 0.25) is 17.7 Å². The van der Waals surface area contributed by atoms with Crippen LogP contribution in [0.15, 0.2) is 115 Å². The molecule has 0 aliphatic carbocycles. The molecule has 5 atom stereocenters. The van der Waals surface area contributed by atoms with Crippen LogP contribution >= 0.6 is 0 Å². The zero-order valence-corrected chi connectivity index (χ0v) is 52.2. The minimum Gasteiger partial charge on any atom is -0.347 e. The number of piperazine rings is 1. The second-order valence-electron chi connectivity index (χ2n) is 24.7. The normalized spacial score (nSPS) is 20.0. The van der Waals surface area contributed by atoms with Crippen molar-refractivity contribution in [1.82, 2.24) is 35.1 Å². The number of hydrogen-bond acceptors (Lipinski definition) is 7.